The van der Waals surface area contributed by atoms with Crippen molar-refractivity contribution >= 4 is 17.3 Å². The number of hydrogen-bond acceptors (Lipinski definition) is 6. The number of hydrogen-bond donors (Lipinski definition) is 2. The molecule has 0 saturated heterocycles. The van der Waals surface area contributed by atoms with E-state index in [1.54, 1.807) is 13.1 Å². The Balaban J connectivity index is 2.06. The molecular weight excluding hydrogens is 234 g/mol. The molecule has 94 valence electrons. The van der Waals surface area contributed by atoms with Crippen molar-refractivity contribution in [2.75, 3.05) is 11.5 Å². The van der Waals surface area contributed by atoms with Crippen LogP contribution in [0.3, 0.4) is 0 Å². The van der Waals surface area contributed by atoms with Crippen LogP contribution in [0.15, 0.2) is 24.5 Å². The smallest absolute Gasteiger partial charge is 0.338 e. The largest absolute Gasteiger partial charge is 0.454 e. The third-order valence-corrected chi connectivity index (χ3v) is 2.35. The molecule has 1 aromatic carbocycles. The van der Waals surface area contributed by atoms with Crippen LogP contribution in [0.2, 0.25) is 0 Å². The number of nitrogens with two attached hydrogens (primary N) is 2. The van der Waals surface area contributed by atoms with Crippen LogP contribution in [0.5, 0.6) is 0 Å². The number of esters is 1. The molecule has 0 atom stereocenters. The molecule has 0 unspecified atom stereocenters. The Morgan fingerprint density at radius 1 is 1.33 bits per heavy atom. The van der Waals surface area contributed by atoms with Gasteiger partial charge in [-0.15, -0.1) is 0 Å². The molecule has 7 heteroatoms. The van der Waals surface area contributed by atoms with E-state index in [0.717, 1.165) is 0 Å². The van der Waals surface area contributed by atoms with E-state index in [9.17, 15) is 4.79 Å². The summed E-state index contributed by atoms with van der Waals surface area (Å²) in [5.74, 6) is 0.0530. The third kappa shape index (κ3) is 2.57. The molecule has 1 heterocycles. The number of carbonyl (C=O) groups excluding carboxylic acids is 1. The van der Waals surface area contributed by atoms with Gasteiger partial charge in [0.2, 0.25) is 0 Å². The summed E-state index contributed by atoms with van der Waals surface area (Å²) >= 11 is 0. The molecule has 0 radical (unpaired) electrons. The molecule has 0 aliphatic rings. The fourth-order valence-corrected chi connectivity index (χ4v) is 1.46. The van der Waals surface area contributed by atoms with Crippen molar-refractivity contribution < 1.29 is 9.53 Å². The van der Waals surface area contributed by atoms with Gasteiger partial charge in [-0.3, -0.25) is 4.68 Å². The second-order valence-corrected chi connectivity index (χ2v) is 3.76. The van der Waals surface area contributed by atoms with Gasteiger partial charge in [0.25, 0.3) is 0 Å². The number of ether oxygens (including phenoxy) is 1. The summed E-state index contributed by atoms with van der Waals surface area (Å²) in [6.45, 7) is 0.0457. The Hall–Kier alpha value is -2.57. The summed E-state index contributed by atoms with van der Waals surface area (Å²) in [6, 6.07) is 4.59. The second kappa shape index (κ2) is 4.74. The fourth-order valence-electron chi connectivity index (χ4n) is 1.46. The van der Waals surface area contributed by atoms with Gasteiger partial charge in [-0.1, -0.05) is 0 Å². The van der Waals surface area contributed by atoms with Crippen LogP contribution in [-0.4, -0.2) is 20.7 Å². The van der Waals surface area contributed by atoms with Crippen molar-refractivity contribution in [1.82, 2.24) is 14.8 Å². The van der Waals surface area contributed by atoms with E-state index in [1.165, 1.54) is 23.1 Å². The first-order valence-corrected chi connectivity index (χ1v) is 5.22. The Morgan fingerprint density at radius 3 is 2.56 bits per heavy atom. The zero-order chi connectivity index (χ0) is 13.1. The Morgan fingerprint density at radius 2 is 2.00 bits per heavy atom. The van der Waals surface area contributed by atoms with Crippen molar-refractivity contribution in [1.29, 1.82) is 0 Å². The van der Waals surface area contributed by atoms with Crippen LogP contribution in [0.1, 0.15) is 16.2 Å². The van der Waals surface area contributed by atoms with Gasteiger partial charge in [0, 0.05) is 18.4 Å². The number of aryl methyl sites for hydroxylation is 1. The average Bonchev–Trinajstić information content (AvgIpc) is 2.70. The van der Waals surface area contributed by atoms with Crippen molar-refractivity contribution in [3.63, 3.8) is 0 Å². The number of aromatic nitrogens is 3. The lowest BCUT2D eigenvalue weighted by Crippen LogP contribution is -2.09. The quantitative estimate of drug-likeness (QED) is 0.597. The maximum atomic E-state index is 11.8. The van der Waals surface area contributed by atoms with E-state index in [1.807, 2.05) is 0 Å². The first kappa shape index (κ1) is 11.9. The van der Waals surface area contributed by atoms with Gasteiger partial charge in [0.1, 0.15) is 6.33 Å². The molecule has 0 spiro atoms. The molecule has 0 aliphatic heterocycles. The van der Waals surface area contributed by atoms with Crippen LogP contribution in [0.25, 0.3) is 0 Å². The molecule has 0 aliphatic carbocycles. The van der Waals surface area contributed by atoms with Gasteiger partial charge in [0.05, 0.1) is 5.56 Å². The number of rotatable bonds is 3. The zero-order valence-corrected chi connectivity index (χ0v) is 9.83. The van der Waals surface area contributed by atoms with Crippen LogP contribution in [-0.2, 0) is 18.4 Å². The van der Waals surface area contributed by atoms with E-state index in [4.69, 9.17) is 16.2 Å². The SMILES string of the molecule is Cn1ncnc1COC(=O)c1cc(N)cc(N)c1. The number of nitrogen functional groups attached to an aromatic ring is 2. The van der Waals surface area contributed by atoms with Crippen molar-refractivity contribution in [3.8, 4) is 0 Å². The highest BCUT2D eigenvalue weighted by molar-refractivity contribution is 5.91. The molecule has 0 amide bonds. The lowest BCUT2D eigenvalue weighted by molar-refractivity contribution is 0.0458. The number of nitrogens with zero attached hydrogens (tertiary/aromatic N) is 3. The standard InChI is InChI=1S/C11H13N5O2/c1-16-10(14-6-15-16)5-18-11(17)7-2-8(12)4-9(13)3-7/h2-4,6H,5,12-13H2,1H3. The van der Waals surface area contributed by atoms with Crippen LogP contribution in [0, 0.1) is 0 Å². The molecule has 2 rings (SSSR count). The maximum Gasteiger partial charge on any atom is 0.338 e. The molecular formula is C11H13N5O2. The van der Waals surface area contributed by atoms with Crippen molar-refractivity contribution in [3.05, 3.63) is 35.9 Å². The molecule has 0 fully saturated rings. The molecule has 1 aromatic heterocycles. The van der Waals surface area contributed by atoms with Gasteiger partial charge < -0.3 is 16.2 Å². The van der Waals surface area contributed by atoms with Crippen LogP contribution in [0.4, 0.5) is 11.4 Å². The molecule has 18 heavy (non-hydrogen) atoms. The number of benzene rings is 1. The number of anilines is 2. The van der Waals surface area contributed by atoms with E-state index in [0.29, 0.717) is 22.8 Å². The second-order valence-electron chi connectivity index (χ2n) is 3.76. The molecule has 4 N–H and O–H groups in total. The normalized spacial score (nSPS) is 10.3. The predicted molar refractivity (Wildman–Crippen MR) is 65.4 cm³/mol. The summed E-state index contributed by atoms with van der Waals surface area (Å²) < 4.78 is 6.62. The van der Waals surface area contributed by atoms with Gasteiger partial charge in [-0.2, -0.15) is 5.10 Å². The summed E-state index contributed by atoms with van der Waals surface area (Å²) in [6.07, 6.45) is 1.39. The highest BCUT2D eigenvalue weighted by atomic mass is 16.5. The van der Waals surface area contributed by atoms with Gasteiger partial charge in [0.15, 0.2) is 12.4 Å². The fraction of sp³-hybridized carbons (Fsp3) is 0.182. The summed E-state index contributed by atoms with van der Waals surface area (Å²) in [4.78, 5) is 15.7. The van der Waals surface area contributed by atoms with Gasteiger partial charge >= 0.3 is 5.97 Å². The predicted octanol–water partition coefficient (Wildman–Crippen LogP) is 0.336. The Kier molecular flexibility index (Phi) is 3.13. The van der Waals surface area contributed by atoms with Gasteiger partial charge in [-0.05, 0) is 18.2 Å². The molecule has 0 saturated carbocycles. The highest BCUT2D eigenvalue weighted by Crippen LogP contribution is 2.14. The lowest BCUT2D eigenvalue weighted by Gasteiger charge is -2.06. The monoisotopic (exact) mass is 247 g/mol. The van der Waals surface area contributed by atoms with Crippen molar-refractivity contribution in [2.24, 2.45) is 7.05 Å². The first-order valence-electron chi connectivity index (χ1n) is 5.22. The van der Waals surface area contributed by atoms with Gasteiger partial charge in [-0.25, -0.2) is 9.78 Å². The highest BCUT2D eigenvalue weighted by Gasteiger charge is 2.10. The van der Waals surface area contributed by atoms with E-state index in [-0.39, 0.29) is 6.61 Å². The summed E-state index contributed by atoms with van der Waals surface area (Å²) in [5, 5.41) is 3.87. The van der Waals surface area contributed by atoms with Crippen LogP contribution < -0.4 is 11.5 Å². The van der Waals surface area contributed by atoms with E-state index < -0.39 is 5.97 Å². The Labute approximate surface area is 103 Å². The summed E-state index contributed by atoms with van der Waals surface area (Å²) in [5.41, 5.74) is 12.3. The third-order valence-electron chi connectivity index (χ3n) is 2.35. The van der Waals surface area contributed by atoms with E-state index in [2.05, 4.69) is 10.1 Å². The zero-order valence-electron chi connectivity index (χ0n) is 9.83. The summed E-state index contributed by atoms with van der Waals surface area (Å²) in [7, 11) is 1.72. The molecule has 7 nitrogen and oxygen atoms in total. The minimum absolute atomic E-state index is 0.0457. The molecule has 0 bridgehead atoms. The number of carbonyl (C=O) groups is 1. The average molecular weight is 247 g/mol. The first-order chi connectivity index (χ1) is 8.56. The molecule has 2 aromatic rings. The van der Waals surface area contributed by atoms with E-state index >= 15 is 0 Å². The lowest BCUT2D eigenvalue weighted by atomic mass is 10.2. The Bertz CT molecular complexity index is 558. The minimum atomic E-state index is -0.503. The maximum absolute atomic E-state index is 11.8. The van der Waals surface area contributed by atoms with Crippen molar-refractivity contribution in [2.45, 2.75) is 6.61 Å². The minimum Gasteiger partial charge on any atom is -0.454 e. The van der Waals surface area contributed by atoms with Crippen LogP contribution >= 0.6 is 0 Å². The topological polar surface area (TPSA) is 109 Å².